The van der Waals surface area contributed by atoms with Crippen LogP contribution >= 0.6 is 15.9 Å². The van der Waals surface area contributed by atoms with Gasteiger partial charge in [0.2, 0.25) is 0 Å². The van der Waals surface area contributed by atoms with Gasteiger partial charge in [-0.15, -0.1) is 0 Å². The van der Waals surface area contributed by atoms with Crippen LogP contribution in [0.25, 0.3) is 5.65 Å². The van der Waals surface area contributed by atoms with Crippen molar-refractivity contribution in [2.24, 2.45) is 4.99 Å². The van der Waals surface area contributed by atoms with Gasteiger partial charge in [0.25, 0.3) is 0 Å². The molecule has 1 aliphatic rings. The van der Waals surface area contributed by atoms with E-state index in [4.69, 9.17) is 0 Å². The van der Waals surface area contributed by atoms with Crippen LogP contribution < -0.4 is 10.6 Å². The molecule has 0 aliphatic carbocycles. The van der Waals surface area contributed by atoms with Gasteiger partial charge in [-0.2, -0.15) is 0 Å². The van der Waals surface area contributed by atoms with E-state index in [0.29, 0.717) is 6.54 Å². The fraction of sp³-hybridized carbons (Fsp3) is 0.579. The third-order valence-corrected chi connectivity index (χ3v) is 5.50. The van der Waals surface area contributed by atoms with E-state index in [0.717, 1.165) is 28.3 Å². The molecule has 0 aromatic carbocycles. The smallest absolute Gasteiger partial charge is 0.191 e. The number of imidazole rings is 1. The number of likely N-dealkylation sites (tertiary alicyclic amines) is 1. The Balaban J connectivity index is 1.53. The third kappa shape index (κ3) is 4.76. The number of pyridine rings is 1. The molecule has 0 bridgehead atoms. The highest BCUT2D eigenvalue weighted by Gasteiger charge is 2.27. The molecule has 0 amide bonds. The van der Waals surface area contributed by atoms with E-state index >= 15 is 0 Å². The summed E-state index contributed by atoms with van der Waals surface area (Å²) in [4.78, 5) is 11.6. The molecule has 2 aromatic heterocycles. The lowest BCUT2D eigenvalue weighted by atomic mass is 9.98. The Hall–Kier alpha value is -1.60. The molecule has 7 heteroatoms. The predicted octanol–water partition coefficient (Wildman–Crippen LogP) is 3.03. The normalized spacial score (nSPS) is 16.8. The van der Waals surface area contributed by atoms with Crippen molar-refractivity contribution >= 4 is 27.5 Å². The molecule has 0 saturated carbocycles. The predicted molar refractivity (Wildman–Crippen MR) is 111 cm³/mol. The van der Waals surface area contributed by atoms with E-state index in [2.05, 4.69) is 55.3 Å². The van der Waals surface area contributed by atoms with E-state index in [1.54, 1.807) is 0 Å². The number of aromatic nitrogens is 2. The molecule has 142 valence electrons. The number of aliphatic imine (C=N–C) groups is 1. The summed E-state index contributed by atoms with van der Waals surface area (Å²) in [5.41, 5.74) is 2.05. The van der Waals surface area contributed by atoms with Gasteiger partial charge in [0.1, 0.15) is 5.65 Å². The number of guanidine groups is 1. The van der Waals surface area contributed by atoms with Crippen molar-refractivity contribution in [3.05, 3.63) is 34.7 Å². The molecule has 0 spiro atoms. The number of hydrogen-bond donors (Lipinski definition) is 2. The molecule has 0 radical (unpaired) electrons. The van der Waals surface area contributed by atoms with Gasteiger partial charge < -0.3 is 15.0 Å². The summed E-state index contributed by atoms with van der Waals surface area (Å²) in [5, 5.41) is 6.84. The highest BCUT2D eigenvalue weighted by atomic mass is 79.9. The molecule has 26 heavy (non-hydrogen) atoms. The van der Waals surface area contributed by atoms with Crippen molar-refractivity contribution in [2.45, 2.75) is 45.2 Å². The SMILES string of the molecule is CN=C(NCc1cn2cc(Br)ccc2n1)NCC(C)(C)N1CCCCC1. The number of halogens is 1. The van der Waals surface area contributed by atoms with Crippen molar-refractivity contribution in [3.63, 3.8) is 0 Å². The average molecular weight is 421 g/mol. The number of nitrogens with zero attached hydrogens (tertiary/aromatic N) is 4. The average Bonchev–Trinajstić information content (AvgIpc) is 3.04. The Morgan fingerprint density at radius 1 is 1.19 bits per heavy atom. The summed E-state index contributed by atoms with van der Waals surface area (Å²) >= 11 is 3.49. The maximum absolute atomic E-state index is 4.63. The summed E-state index contributed by atoms with van der Waals surface area (Å²) in [6, 6.07) is 4.00. The summed E-state index contributed by atoms with van der Waals surface area (Å²) in [6.45, 7) is 8.50. The van der Waals surface area contributed by atoms with E-state index < -0.39 is 0 Å². The van der Waals surface area contributed by atoms with Crippen LogP contribution in [0.2, 0.25) is 0 Å². The highest BCUT2D eigenvalue weighted by Crippen LogP contribution is 2.19. The van der Waals surface area contributed by atoms with Crippen LogP contribution in [-0.4, -0.2) is 52.5 Å². The molecule has 6 nitrogen and oxygen atoms in total. The number of piperidine rings is 1. The van der Waals surface area contributed by atoms with Crippen LogP contribution in [0.1, 0.15) is 38.8 Å². The second-order valence-electron chi connectivity index (χ2n) is 7.48. The lowest BCUT2D eigenvalue weighted by Gasteiger charge is -2.41. The standard InChI is InChI=1S/C19H29BrN6/c1-19(2,26-9-5-4-6-10-26)14-23-18(21-3)22-11-16-13-25-12-15(20)7-8-17(25)24-16/h7-8,12-13H,4-6,9-11,14H2,1-3H3,(H2,21,22,23). The lowest BCUT2D eigenvalue weighted by Crippen LogP contribution is -2.54. The van der Waals surface area contributed by atoms with Crippen LogP contribution in [0.5, 0.6) is 0 Å². The molecule has 2 N–H and O–H groups in total. The Kier molecular flexibility index (Phi) is 6.19. The molecule has 1 saturated heterocycles. The first-order chi connectivity index (χ1) is 12.5. The minimum Gasteiger partial charge on any atom is -0.355 e. The van der Waals surface area contributed by atoms with Gasteiger partial charge in [0, 0.05) is 36.0 Å². The summed E-state index contributed by atoms with van der Waals surface area (Å²) in [7, 11) is 1.81. The summed E-state index contributed by atoms with van der Waals surface area (Å²) in [6.07, 6.45) is 8.03. The van der Waals surface area contributed by atoms with Gasteiger partial charge in [-0.3, -0.25) is 9.89 Å². The second kappa shape index (κ2) is 8.39. The van der Waals surface area contributed by atoms with Crippen LogP contribution in [-0.2, 0) is 6.54 Å². The molecule has 2 aromatic rings. The van der Waals surface area contributed by atoms with Crippen LogP contribution in [0.15, 0.2) is 34.0 Å². The van der Waals surface area contributed by atoms with Crippen LogP contribution in [0, 0.1) is 0 Å². The van der Waals surface area contributed by atoms with Gasteiger partial charge in [-0.05, 0) is 67.8 Å². The maximum atomic E-state index is 4.63. The zero-order chi connectivity index (χ0) is 18.6. The lowest BCUT2D eigenvalue weighted by molar-refractivity contribution is 0.0982. The van der Waals surface area contributed by atoms with Gasteiger partial charge in [0.15, 0.2) is 5.96 Å². The van der Waals surface area contributed by atoms with Crippen molar-refractivity contribution in [1.82, 2.24) is 24.9 Å². The molecular weight excluding hydrogens is 392 g/mol. The first-order valence-corrected chi connectivity index (χ1v) is 10.1. The quantitative estimate of drug-likeness (QED) is 0.576. The van der Waals surface area contributed by atoms with Gasteiger partial charge in [0.05, 0.1) is 12.2 Å². The Labute approximate surface area is 164 Å². The Morgan fingerprint density at radius 3 is 2.69 bits per heavy atom. The Bertz CT molecular complexity index is 760. The molecule has 3 heterocycles. The number of nitrogens with one attached hydrogen (secondary N) is 2. The van der Waals surface area contributed by atoms with Crippen molar-refractivity contribution < 1.29 is 0 Å². The fourth-order valence-electron chi connectivity index (χ4n) is 3.41. The van der Waals surface area contributed by atoms with Crippen LogP contribution in [0.3, 0.4) is 0 Å². The number of rotatable bonds is 5. The summed E-state index contributed by atoms with van der Waals surface area (Å²) in [5.74, 6) is 0.813. The number of fused-ring (bicyclic) bond motifs is 1. The zero-order valence-corrected chi connectivity index (χ0v) is 17.5. The van der Waals surface area contributed by atoms with E-state index in [9.17, 15) is 0 Å². The van der Waals surface area contributed by atoms with Crippen molar-refractivity contribution in [3.8, 4) is 0 Å². The molecule has 1 aliphatic heterocycles. The minimum absolute atomic E-state index is 0.118. The zero-order valence-electron chi connectivity index (χ0n) is 15.9. The summed E-state index contributed by atoms with van der Waals surface area (Å²) < 4.78 is 3.07. The van der Waals surface area contributed by atoms with Crippen LogP contribution in [0.4, 0.5) is 0 Å². The monoisotopic (exact) mass is 420 g/mol. The molecule has 3 rings (SSSR count). The van der Waals surface area contributed by atoms with Gasteiger partial charge in [-0.1, -0.05) is 6.42 Å². The fourth-order valence-corrected chi connectivity index (χ4v) is 3.76. The largest absolute Gasteiger partial charge is 0.355 e. The third-order valence-electron chi connectivity index (χ3n) is 5.03. The van der Waals surface area contributed by atoms with Crippen molar-refractivity contribution in [2.75, 3.05) is 26.7 Å². The molecular formula is C19H29BrN6. The number of hydrogen-bond acceptors (Lipinski definition) is 3. The molecule has 0 atom stereocenters. The second-order valence-corrected chi connectivity index (χ2v) is 8.40. The first-order valence-electron chi connectivity index (χ1n) is 9.31. The molecule has 0 unspecified atom stereocenters. The van der Waals surface area contributed by atoms with E-state index in [1.807, 2.05) is 36.0 Å². The van der Waals surface area contributed by atoms with E-state index in [-0.39, 0.29) is 5.54 Å². The topological polar surface area (TPSA) is 57.0 Å². The van der Waals surface area contributed by atoms with E-state index in [1.165, 1.54) is 32.4 Å². The first kappa shape index (κ1) is 19.2. The minimum atomic E-state index is 0.118. The molecule has 1 fully saturated rings. The van der Waals surface area contributed by atoms with Crippen molar-refractivity contribution in [1.29, 1.82) is 0 Å². The van der Waals surface area contributed by atoms with Gasteiger partial charge in [-0.25, -0.2) is 4.98 Å². The maximum Gasteiger partial charge on any atom is 0.191 e. The highest BCUT2D eigenvalue weighted by molar-refractivity contribution is 9.10. The van der Waals surface area contributed by atoms with Gasteiger partial charge >= 0.3 is 0 Å². The Morgan fingerprint density at radius 2 is 1.96 bits per heavy atom.